The number of hydrogen-bond donors (Lipinski definition) is 1. The smallest absolute Gasteiger partial charge is 0.204 e. The summed E-state index contributed by atoms with van der Waals surface area (Å²) >= 11 is 0. The molecule has 0 fully saturated rings. The minimum absolute atomic E-state index is 0.159. The molecule has 0 bridgehead atoms. The molecule has 0 amide bonds. The van der Waals surface area contributed by atoms with E-state index in [2.05, 4.69) is 11.6 Å². The lowest BCUT2D eigenvalue weighted by atomic mass is 10.4. The summed E-state index contributed by atoms with van der Waals surface area (Å²) in [5.74, 6) is 0.505. The zero-order chi connectivity index (χ0) is 7.28. The Balaban J connectivity index is 3.96. The predicted octanol–water partition coefficient (Wildman–Crippen LogP) is 0.522. The van der Waals surface area contributed by atoms with E-state index in [0.29, 0.717) is 5.90 Å². The molecule has 0 aliphatic heterocycles. The van der Waals surface area contributed by atoms with Gasteiger partial charge < -0.3 is 10.5 Å². The number of ether oxygens (including phenoxy) is 1. The molecule has 52 valence electrons. The summed E-state index contributed by atoms with van der Waals surface area (Å²) in [6, 6.07) is -0.159. The monoisotopic (exact) mass is 128 g/mol. The molecule has 1 unspecified atom stereocenters. The van der Waals surface area contributed by atoms with Gasteiger partial charge in [-0.3, -0.25) is 0 Å². The molecule has 0 saturated heterocycles. The van der Waals surface area contributed by atoms with Crippen LogP contribution < -0.4 is 5.73 Å². The second kappa shape index (κ2) is 4.09. The minimum atomic E-state index is -0.159. The summed E-state index contributed by atoms with van der Waals surface area (Å²) in [6.07, 6.45) is 1.40. The summed E-state index contributed by atoms with van der Waals surface area (Å²) in [6.45, 7) is 5.21. The maximum Gasteiger partial charge on any atom is 0.204 e. The van der Waals surface area contributed by atoms with Crippen LogP contribution in [0.1, 0.15) is 6.92 Å². The molecule has 2 N–H and O–H groups in total. The maximum atomic E-state index is 5.43. The van der Waals surface area contributed by atoms with Gasteiger partial charge in [0, 0.05) is 6.20 Å². The lowest BCUT2D eigenvalue weighted by Crippen LogP contribution is -2.27. The van der Waals surface area contributed by atoms with E-state index in [4.69, 9.17) is 10.5 Å². The van der Waals surface area contributed by atoms with Crippen molar-refractivity contribution in [2.75, 3.05) is 7.11 Å². The summed E-state index contributed by atoms with van der Waals surface area (Å²) in [4.78, 5) is 3.78. The van der Waals surface area contributed by atoms with Crippen LogP contribution in [0.5, 0.6) is 0 Å². The topological polar surface area (TPSA) is 47.6 Å². The maximum absolute atomic E-state index is 5.43. The minimum Gasteiger partial charge on any atom is -0.483 e. The molecule has 0 aromatic rings. The average Bonchev–Trinajstić information content (AvgIpc) is 1.82. The Hall–Kier alpha value is -0.830. The van der Waals surface area contributed by atoms with Gasteiger partial charge in [0.2, 0.25) is 5.90 Å². The first kappa shape index (κ1) is 8.17. The lowest BCUT2D eigenvalue weighted by molar-refractivity contribution is 0.384. The molecule has 3 nitrogen and oxygen atoms in total. The highest BCUT2D eigenvalue weighted by Crippen LogP contribution is 1.85. The molecule has 9 heavy (non-hydrogen) atoms. The van der Waals surface area contributed by atoms with Crippen LogP contribution in [-0.4, -0.2) is 19.0 Å². The van der Waals surface area contributed by atoms with Crippen LogP contribution in [0.15, 0.2) is 17.8 Å². The Kier molecular flexibility index (Phi) is 3.71. The van der Waals surface area contributed by atoms with Crippen molar-refractivity contribution < 1.29 is 4.74 Å². The largest absolute Gasteiger partial charge is 0.483 e. The molecule has 0 spiro atoms. The second-order valence-corrected chi connectivity index (χ2v) is 1.64. The van der Waals surface area contributed by atoms with E-state index in [1.807, 2.05) is 0 Å². The van der Waals surface area contributed by atoms with E-state index in [1.54, 1.807) is 6.92 Å². The number of nitrogens with zero attached hydrogens (tertiary/aromatic N) is 1. The third-order valence-electron chi connectivity index (χ3n) is 0.817. The van der Waals surface area contributed by atoms with Gasteiger partial charge in [-0.15, -0.1) is 0 Å². The van der Waals surface area contributed by atoms with Gasteiger partial charge in [-0.2, -0.15) is 0 Å². The summed E-state index contributed by atoms with van der Waals surface area (Å²) in [5, 5.41) is 0. The fourth-order valence-corrected chi connectivity index (χ4v) is 0.446. The molecule has 0 saturated carbocycles. The zero-order valence-electron chi connectivity index (χ0n) is 5.79. The molecule has 0 heterocycles. The predicted molar refractivity (Wildman–Crippen MR) is 38.3 cm³/mol. The highest BCUT2D eigenvalue weighted by Gasteiger charge is 2.01. The second-order valence-electron chi connectivity index (χ2n) is 1.64. The van der Waals surface area contributed by atoms with Crippen molar-refractivity contribution in [1.29, 1.82) is 0 Å². The molecular weight excluding hydrogens is 116 g/mol. The van der Waals surface area contributed by atoms with Gasteiger partial charge in [-0.25, -0.2) is 4.99 Å². The molecule has 0 aliphatic rings. The third-order valence-corrected chi connectivity index (χ3v) is 0.817. The first-order valence-corrected chi connectivity index (χ1v) is 2.70. The quantitative estimate of drug-likeness (QED) is 0.435. The summed E-state index contributed by atoms with van der Waals surface area (Å²) in [5.41, 5.74) is 5.43. The molecule has 3 heteroatoms. The standard InChI is InChI=1S/C6H12N2O/c1-4-8-6(9-3)5(2)7/h4-5H,1,7H2,2-3H3. The average molecular weight is 128 g/mol. The van der Waals surface area contributed by atoms with Crippen molar-refractivity contribution in [3.63, 3.8) is 0 Å². The van der Waals surface area contributed by atoms with Crippen molar-refractivity contribution in [3.05, 3.63) is 12.8 Å². The van der Waals surface area contributed by atoms with E-state index in [0.717, 1.165) is 0 Å². The summed E-state index contributed by atoms with van der Waals surface area (Å²) in [7, 11) is 1.53. The first-order valence-electron chi connectivity index (χ1n) is 2.70. The van der Waals surface area contributed by atoms with Crippen LogP contribution in [0.25, 0.3) is 0 Å². The zero-order valence-corrected chi connectivity index (χ0v) is 5.79. The first-order chi connectivity index (χ1) is 4.22. The highest BCUT2D eigenvalue weighted by atomic mass is 16.5. The molecule has 0 rings (SSSR count). The van der Waals surface area contributed by atoms with Crippen LogP contribution in [0.4, 0.5) is 0 Å². The molecule has 0 radical (unpaired) electrons. The van der Waals surface area contributed by atoms with Gasteiger partial charge in [0.15, 0.2) is 0 Å². The van der Waals surface area contributed by atoms with Gasteiger partial charge in [0.1, 0.15) is 0 Å². The SMILES string of the molecule is C=CN=C(OC)C(C)N. The van der Waals surface area contributed by atoms with Gasteiger partial charge in [0.25, 0.3) is 0 Å². The van der Waals surface area contributed by atoms with Crippen LogP contribution >= 0.6 is 0 Å². The number of aliphatic imine (C=N–C) groups is 1. The van der Waals surface area contributed by atoms with E-state index < -0.39 is 0 Å². The Labute approximate surface area is 55.2 Å². The Bertz CT molecular complexity index is 118. The number of nitrogens with two attached hydrogens (primary N) is 1. The Morgan fingerprint density at radius 1 is 1.89 bits per heavy atom. The summed E-state index contributed by atoms with van der Waals surface area (Å²) < 4.78 is 4.81. The van der Waals surface area contributed by atoms with Crippen LogP contribution in [-0.2, 0) is 4.74 Å². The van der Waals surface area contributed by atoms with Gasteiger partial charge >= 0.3 is 0 Å². The Morgan fingerprint density at radius 3 is 2.56 bits per heavy atom. The molecule has 0 aliphatic carbocycles. The molecule has 1 atom stereocenters. The highest BCUT2D eigenvalue weighted by molar-refractivity contribution is 5.81. The van der Waals surface area contributed by atoms with Gasteiger partial charge in [-0.1, -0.05) is 6.58 Å². The Morgan fingerprint density at radius 2 is 2.44 bits per heavy atom. The van der Waals surface area contributed by atoms with E-state index in [-0.39, 0.29) is 6.04 Å². The van der Waals surface area contributed by atoms with Crippen LogP contribution in [0.3, 0.4) is 0 Å². The van der Waals surface area contributed by atoms with Crippen molar-refractivity contribution in [1.82, 2.24) is 0 Å². The fourth-order valence-electron chi connectivity index (χ4n) is 0.446. The van der Waals surface area contributed by atoms with E-state index in [9.17, 15) is 0 Å². The number of rotatable bonds is 2. The van der Waals surface area contributed by atoms with Crippen molar-refractivity contribution >= 4 is 5.90 Å². The van der Waals surface area contributed by atoms with E-state index >= 15 is 0 Å². The third kappa shape index (κ3) is 2.87. The number of methoxy groups -OCH3 is 1. The van der Waals surface area contributed by atoms with Crippen molar-refractivity contribution in [3.8, 4) is 0 Å². The normalized spacial score (nSPS) is 14.8. The lowest BCUT2D eigenvalue weighted by Gasteiger charge is -2.05. The van der Waals surface area contributed by atoms with Crippen LogP contribution in [0.2, 0.25) is 0 Å². The van der Waals surface area contributed by atoms with Gasteiger partial charge in [-0.05, 0) is 6.92 Å². The molecule has 0 aromatic heterocycles. The van der Waals surface area contributed by atoms with Crippen molar-refractivity contribution in [2.45, 2.75) is 13.0 Å². The number of hydrogen-bond acceptors (Lipinski definition) is 3. The van der Waals surface area contributed by atoms with Crippen molar-refractivity contribution in [2.24, 2.45) is 10.7 Å². The molecule has 0 aromatic carbocycles. The van der Waals surface area contributed by atoms with Crippen LogP contribution in [0, 0.1) is 0 Å². The van der Waals surface area contributed by atoms with E-state index in [1.165, 1.54) is 13.3 Å². The molecular formula is C6H12N2O. The fraction of sp³-hybridized carbons (Fsp3) is 0.500. The van der Waals surface area contributed by atoms with Gasteiger partial charge in [0.05, 0.1) is 13.2 Å².